The van der Waals surface area contributed by atoms with E-state index in [1.807, 2.05) is 0 Å². The van der Waals surface area contributed by atoms with Gasteiger partial charge in [0.2, 0.25) is 5.95 Å². The van der Waals surface area contributed by atoms with Crippen LogP contribution in [-0.2, 0) is 16.0 Å². The molecule has 0 radical (unpaired) electrons. The predicted octanol–water partition coefficient (Wildman–Crippen LogP) is 2.81. The first kappa shape index (κ1) is 20.3. The summed E-state index contributed by atoms with van der Waals surface area (Å²) in [6.07, 6.45) is -1.12. The van der Waals surface area contributed by atoms with Crippen molar-refractivity contribution in [2.24, 2.45) is 0 Å². The van der Waals surface area contributed by atoms with Crippen LogP contribution in [0, 0.1) is 0 Å². The van der Waals surface area contributed by atoms with Gasteiger partial charge in [-0.2, -0.15) is 18.2 Å². The number of benzene rings is 1. The fraction of sp³-hybridized carbons (Fsp3) is 0.412. The molecule has 1 aliphatic rings. The van der Waals surface area contributed by atoms with E-state index in [4.69, 9.17) is 0 Å². The van der Waals surface area contributed by atoms with Gasteiger partial charge in [0.1, 0.15) is 11.4 Å². The molecule has 0 spiro atoms. The van der Waals surface area contributed by atoms with Crippen molar-refractivity contribution >= 4 is 27.3 Å². The molecule has 0 amide bonds. The number of hydrogen-bond acceptors (Lipinski definition) is 7. The van der Waals surface area contributed by atoms with Crippen molar-refractivity contribution in [2.45, 2.75) is 30.0 Å². The molecule has 3 rings (SSSR count). The molecule has 0 unspecified atom stereocenters. The van der Waals surface area contributed by atoms with E-state index in [-0.39, 0.29) is 22.6 Å². The van der Waals surface area contributed by atoms with E-state index in [0.29, 0.717) is 12.7 Å². The molecule has 28 heavy (non-hydrogen) atoms. The molecule has 152 valence electrons. The molecule has 0 bridgehead atoms. The number of rotatable bonds is 5. The van der Waals surface area contributed by atoms with Gasteiger partial charge in [0.15, 0.2) is 9.84 Å². The van der Waals surface area contributed by atoms with E-state index in [2.05, 4.69) is 25.9 Å². The SMILES string of the molecule is CS(=O)(=O)c1cccc(Nc2nc(N[C@H]3CCCNC3)ncc2C(F)(F)F)c1. The second-order valence-electron chi connectivity index (χ2n) is 6.57. The predicted molar refractivity (Wildman–Crippen MR) is 99.4 cm³/mol. The number of nitrogens with one attached hydrogen (secondary N) is 3. The molecule has 1 aliphatic heterocycles. The largest absolute Gasteiger partial charge is 0.421 e. The van der Waals surface area contributed by atoms with E-state index >= 15 is 0 Å². The Labute approximate surface area is 160 Å². The summed E-state index contributed by atoms with van der Waals surface area (Å²) >= 11 is 0. The van der Waals surface area contributed by atoms with Crippen molar-refractivity contribution in [2.75, 3.05) is 30.0 Å². The lowest BCUT2D eigenvalue weighted by atomic mass is 10.1. The standard InChI is InChI=1S/C17H20F3N5O2S/c1-28(26,27)13-6-2-4-11(8-13)23-15-14(17(18,19)20)10-22-16(25-15)24-12-5-3-7-21-9-12/h2,4,6,8,10,12,21H,3,5,7,9H2,1H3,(H2,22,23,24,25)/t12-/m0/s1. The van der Waals surface area contributed by atoms with Crippen molar-refractivity contribution in [1.29, 1.82) is 0 Å². The van der Waals surface area contributed by atoms with Crippen LogP contribution in [0.3, 0.4) is 0 Å². The van der Waals surface area contributed by atoms with Gasteiger partial charge in [-0.3, -0.25) is 0 Å². The molecule has 11 heteroatoms. The first-order valence-corrected chi connectivity index (χ1v) is 10.5. The Morgan fingerprint density at radius 1 is 1.29 bits per heavy atom. The molecule has 1 fully saturated rings. The normalized spacial score (nSPS) is 17.9. The molecule has 1 atom stereocenters. The zero-order valence-electron chi connectivity index (χ0n) is 15.0. The summed E-state index contributed by atoms with van der Waals surface area (Å²) < 4.78 is 63.5. The van der Waals surface area contributed by atoms with Crippen molar-refractivity contribution in [3.05, 3.63) is 36.0 Å². The molecule has 2 aromatic rings. The number of sulfone groups is 1. The van der Waals surface area contributed by atoms with Crippen LogP contribution in [0.15, 0.2) is 35.4 Å². The fourth-order valence-corrected chi connectivity index (χ4v) is 3.52. The van der Waals surface area contributed by atoms with Gasteiger partial charge in [-0.25, -0.2) is 13.4 Å². The zero-order chi connectivity index (χ0) is 20.4. The number of piperidine rings is 1. The lowest BCUT2D eigenvalue weighted by Crippen LogP contribution is -2.38. The smallest absolute Gasteiger partial charge is 0.350 e. The molecule has 2 heterocycles. The maximum Gasteiger partial charge on any atom is 0.421 e. The third-order valence-corrected chi connectivity index (χ3v) is 5.36. The average molecular weight is 415 g/mol. The van der Waals surface area contributed by atoms with Crippen LogP contribution in [0.5, 0.6) is 0 Å². The topological polar surface area (TPSA) is 96.0 Å². The summed E-state index contributed by atoms with van der Waals surface area (Å²) in [6, 6.07) is 5.56. The second-order valence-corrected chi connectivity index (χ2v) is 8.58. The van der Waals surface area contributed by atoms with Gasteiger partial charge >= 0.3 is 6.18 Å². The minimum atomic E-state index is -4.66. The Kier molecular flexibility index (Phi) is 5.75. The number of hydrogen-bond donors (Lipinski definition) is 3. The van der Waals surface area contributed by atoms with Crippen molar-refractivity contribution in [3.8, 4) is 0 Å². The molecule has 1 saturated heterocycles. The van der Waals surface area contributed by atoms with Gasteiger partial charge in [-0.15, -0.1) is 0 Å². The third-order valence-electron chi connectivity index (χ3n) is 4.25. The quantitative estimate of drug-likeness (QED) is 0.691. The molecule has 1 aromatic heterocycles. The maximum atomic E-state index is 13.4. The summed E-state index contributed by atoms with van der Waals surface area (Å²) in [6.45, 7) is 1.57. The highest BCUT2D eigenvalue weighted by molar-refractivity contribution is 7.90. The summed E-state index contributed by atoms with van der Waals surface area (Å²) in [5.41, 5.74) is -0.859. The fourth-order valence-electron chi connectivity index (χ4n) is 2.85. The van der Waals surface area contributed by atoms with Gasteiger partial charge in [0.05, 0.1) is 4.90 Å². The summed E-state index contributed by atoms with van der Waals surface area (Å²) in [5, 5.41) is 8.81. The Hall–Kier alpha value is -2.40. The summed E-state index contributed by atoms with van der Waals surface area (Å²) in [4.78, 5) is 7.77. The molecule has 0 saturated carbocycles. The molecule has 0 aliphatic carbocycles. The van der Waals surface area contributed by atoms with E-state index in [0.717, 1.165) is 25.6 Å². The number of anilines is 3. The van der Waals surface area contributed by atoms with Gasteiger partial charge in [-0.05, 0) is 37.6 Å². The van der Waals surface area contributed by atoms with Gasteiger partial charge in [-0.1, -0.05) is 6.07 Å². The zero-order valence-corrected chi connectivity index (χ0v) is 15.9. The number of nitrogens with zero attached hydrogens (tertiary/aromatic N) is 2. The Bertz CT molecular complexity index is 944. The van der Waals surface area contributed by atoms with Crippen LogP contribution in [-0.4, -0.2) is 43.8 Å². The first-order chi connectivity index (χ1) is 13.1. The highest BCUT2D eigenvalue weighted by atomic mass is 32.2. The van der Waals surface area contributed by atoms with Crippen LogP contribution in [0.1, 0.15) is 18.4 Å². The Morgan fingerprint density at radius 3 is 2.71 bits per heavy atom. The van der Waals surface area contributed by atoms with Crippen molar-refractivity contribution in [1.82, 2.24) is 15.3 Å². The van der Waals surface area contributed by atoms with E-state index in [1.54, 1.807) is 0 Å². The second kappa shape index (κ2) is 7.92. The molecule has 3 N–H and O–H groups in total. The van der Waals surface area contributed by atoms with Gasteiger partial charge < -0.3 is 16.0 Å². The minimum Gasteiger partial charge on any atom is -0.350 e. The molecule has 1 aromatic carbocycles. The van der Waals surface area contributed by atoms with Crippen LogP contribution in [0.4, 0.5) is 30.6 Å². The van der Waals surface area contributed by atoms with E-state index < -0.39 is 27.4 Å². The van der Waals surface area contributed by atoms with Gasteiger partial charge in [0, 0.05) is 30.7 Å². The lowest BCUT2D eigenvalue weighted by Gasteiger charge is -2.24. The van der Waals surface area contributed by atoms with Gasteiger partial charge in [0.25, 0.3) is 0 Å². The maximum absolute atomic E-state index is 13.4. The number of alkyl halides is 3. The highest BCUT2D eigenvalue weighted by Gasteiger charge is 2.35. The average Bonchev–Trinajstić information content (AvgIpc) is 2.61. The van der Waals surface area contributed by atoms with Crippen LogP contribution in [0.2, 0.25) is 0 Å². The summed E-state index contributed by atoms with van der Waals surface area (Å²) in [7, 11) is -3.50. The monoisotopic (exact) mass is 415 g/mol. The van der Waals surface area contributed by atoms with Crippen LogP contribution in [0.25, 0.3) is 0 Å². The lowest BCUT2D eigenvalue weighted by molar-refractivity contribution is -0.137. The third kappa shape index (κ3) is 5.10. The number of halogens is 3. The van der Waals surface area contributed by atoms with Crippen molar-refractivity contribution < 1.29 is 21.6 Å². The van der Waals surface area contributed by atoms with E-state index in [1.165, 1.54) is 24.3 Å². The Balaban J connectivity index is 1.91. The first-order valence-electron chi connectivity index (χ1n) is 8.61. The van der Waals surface area contributed by atoms with Crippen LogP contribution >= 0.6 is 0 Å². The summed E-state index contributed by atoms with van der Waals surface area (Å²) in [5.74, 6) is -0.372. The highest BCUT2D eigenvalue weighted by Crippen LogP contribution is 2.35. The molecular weight excluding hydrogens is 395 g/mol. The Morgan fingerprint density at radius 2 is 2.07 bits per heavy atom. The van der Waals surface area contributed by atoms with E-state index in [9.17, 15) is 21.6 Å². The van der Waals surface area contributed by atoms with Crippen molar-refractivity contribution in [3.63, 3.8) is 0 Å². The minimum absolute atomic E-state index is 0.00765. The number of aromatic nitrogens is 2. The molecule has 7 nitrogen and oxygen atoms in total. The molecular formula is C17H20F3N5O2S. The van der Waals surface area contributed by atoms with Crippen LogP contribution < -0.4 is 16.0 Å².